The van der Waals surface area contributed by atoms with Gasteiger partial charge in [0, 0.05) is 13.2 Å². The molecule has 4 heterocycles. The zero-order valence-electron chi connectivity index (χ0n) is 25.0. The van der Waals surface area contributed by atoms with E-state index >= 15 is 0 Å². The number of aryl methyl sites for hydroxylation is 1. The second kappa shape index (κ2) is 12.6. The van der Waals surface area contributed by atoms with Gasteiger partial charge in [0.1, 0.15) is 22.7 Å². The van der Waals surface area contributed by atoms with Crippen molar-refractivity contribution >= 4 is 27.5 Å². The number of carboxylic acid groups (broad SMARTS) is 1. The van der Waals surface area contributed by atoms with Gasteiger partial charge in [-0.15, -0.1) is 11.3 Å². The van der Waals surface area contributed by atoms with E-state index in [-0.39, 0.29) is 24.1 Å². The van der Waals surface area contributed by atoms with E-state index in [1.54, 1.807) is 6.92 Å². The summed E-state index contributed by atoms with van der Waals surface area (Å²) in [6.07, 6.45) is 3.63. The molecule has 43 heavy (non-hydrogen) atoms. The number of rotatable bonds is 11. The number of hydrogen-bond donors (Lipinski definition) is 1. The summed E-state index contributed by atoms with van der Waals surface area (Å²) in [5.41, 5.74) is -0.902. The quantitative estimate of drug-likeness (QED) is 0.252. The highest BCUT2D eigenvalue weighted by molar-refractivity contribution is 7.22. The summed E-state index contributed by atoms with van der Waals surface area (Å²) in [6, 6.07) is 7.78. The number of aromatic nitrogens is 3. The number of benzene rings is 1. The van der Waals surface area contributed by atoms with Crippen LogP contribution >= 0.6 is 11.3 Å². The normalized spacial score (nSPS) is 15.4. The first-order valence-corrected chi connectivity index (χ1v) is 15.2. The van der Waals surface area contributed by atoms with Crippen molar-refractivity contribution in [2.75, 3.05) is 13.2 Å². The second-order valence-corrected chi connectivity index (χ2v) is 12.5. The van der Waals surface area contributed by atoms with Gasteiger partial charge in [0.15, 0.2) is 0 Å². The first kappa shape index (κ1) is 30.9. The van der Waals surface area contributed by atoms with E-state index < -0.39 is 28.9 Å². The number of ether oxygens (including phenoxy) is 3. The molecule has 0 amide bonds. The fourth-order valence-corrected chi connectivity index (χ4v) is 6.54. The fraction of sp³-hybridized carbons (Fsp3) is 0.484. The average molecular weight is 612 g/mol. The van der Waals surface area contributed by atoms with E-state index in [1.807, 2.05) is 38.1 Å². The molecule has 1 fully saturated rings. The Balaban J connectivity index is 1.73. The van der Waals surface area contributed by atoms with Crippen LogP contribution in [0.3, 0.4) is 0 Å². The molecule has 1 saturated heterocycles. The van der Waals surface area contributed by atoms with E-state index in [0.717, 1.165) is 15.7 Å². The minimum absolute atomic E-state index is 0.00898. The Morgan fingerprint density at radius 1 is 1.21 bits per heavy atom. The van der Waals surface area contributed by atoms with Crippen LogP contribution in [0.25, 0.3) is 21.0 Å². The first-order chi connectivity index (χ1) is 20.5. The molecule has 1 aromatic carbocycles. The highest BCUT2D eigenvalue weighted by atomic mass is 32.1. The van der Waals surface area contributed by atoms with Crippen LogP contribution in [-0.4, -0.2) is 50.6 Å². The summed E-state index contributed by atoms with van der Waals surface area (Å²) in [4.78, 5) is 45.8. The van der Waals surface area contributed by atoms with Crippen molar-refractivity contribution in [3.63, 3.8) is 0 Å². The van der Waals surface area contributed by atoms with Crippen molar-refractivity contribution in [3.8, 4) is 10.8 Å². The zero-order chi connectivity index (χ0) is 30.9. The van der Waals surface area contributed by atoms with E-state index in [2.05, 4.69) is 4.98 Å². The molecule has 3 aromatic heterocycles. The van der Waals surface area contributed by atoms with Gasteiger partial charge in [0.25, 0.3) is 5.56 Å². The van der Waals surface area contributed by atoms with Crippen LogP contribution < -0.4 is 11.2 Å². The first-order valence-electron chi connectivity index (χ1n) is 14.4. The van der Waals surface area contributed by atoms with Crippen molar-refractivity contribution in [2.45, 2.75) is 84.5 Å². The summed E-state index contributed by atoms with van der Waals surface area (Å²) < 4.78 is 26.1. The molecule has 4 aromatic rings. The van der Waals surface area contributed by atoms with Crippen molar-refractivity contribution in [1.29, 1.82) is 0 Å². The second-order valence-electron chi connectivity index (χ2n) is 11.5. The lowest BCUT2D eigenvalue weighted by Gasteiger charge is -2.30. The van der Waals surface area contributed by atoms with Crippen molar-refractivity contribution in [2.24, 2.45) is 0 Å². The molecule has 0 unspecified atom stereocenters. The predicted octanol–water partition coefficient (Wildman–Crippen LogP) is 4.87. The monoisotopic (exact) mass is 611 g/mol. The highest BCUT2D eigenvalue weighted by Gasteiger charge is 2.36. The molecule has 0 saturated carbocycles. The Kier molecular flexibility index (Phi) is 9.02. The Hall–Kier alpha value is -3.58. The Morgan fingerprint density at radius 2 is 1.93 bits per heavy atom. The number of nitrogens with zero attached hydrogens (tertiary/aromatic N) is 3. The largest absolute Gasteiger partial charge is 0.480 e. The molecule has 12 heteroatoms. The molecule has 5 rings (SSSR count). The number of aliphatic carboxylic acids is 1. The number of thiophene rings is 1. The maximum absolute atomic E-state index is 14.3. The Morgan fingerprint density at radius 3 is 2.58 bits per heavy atom. The minimum Gasteiger partial charge on any atom is -0.480 e. The molecule has 11 nitrogen and oxygen atoms in total. The highest BCUT2D eigenvalue weighted by Crippen LogP contribution is 2.37. The van der Waals surface area contributed by atoms with Crippen LogP contribution in [0.4, 0.5) is 0 Å². The standard InChI is InChI=1S/C31H37N3O8S/c1-18(2)41-17-20-8-6-7-9-22(20)23(42-21-10-13-39-14-11-21)16-33-28-24(19(3)25(43-28)26-32-12-15-40-26)27(35)34(30(33)38)31(4,5)29(36)37/h6-9,12,15,18,21,23H,10-11,13-14,16-17H2,1-5H3,(H,36,37)/t23-/m0/s1. The van der Waals surface area contributed by atoms with Crippen LogP contribution in [0.15, 0.2) is 50.7 Å². The van der Waals surface area contributed by atoms with Gasteiger partial charge in [0.2, 0.25) is 5.89 Å². The van der Waals surface area contributed by atoms with Gasteiger partial charge in [-0.3, -0.25) is 9.36 Å². The fourth-order valence-electron chi connectivity index (χ4n) is 5.30. The Labute approximate surface area is 252 Å². The zero-order valence-corrected chi connectivity index (χ0v) is 25.8. The molecule has 1 aliphatic rings. The lowest BCUT2D eigenvalue weighted by Crippen LogP contribution is -2.52. The Bertz CT molecular complexity index is 1710. The van der Waals surface area contributed by atoms with Gasteiger partial charge in [-0.1, -0.05) is 24.3 Å². The van der Waals surface area contributed by atoms with E-state index in [4.69, 9.17) is 18.6 Å². The molecule has 230 valence electrons. The topological polar surface area (TPSA) is 135 Å². The number of hydrogen-bond acceptors (Lipinski definition) is 9. The van der Waals surface area contributed by atoms with Crippen LogP contribution in [-0.2, 0) is 37.7 Å². The molecule has 1 N–H and O–H groups in total. The molecular weight excluding hydrogens is 574 g/mol. The van der Waals surface area contributed by atoms with Crippen LogP contribution in [0, 0.1) is 6.92 Å². The summed E-state index contributed by atoms with van der Waals surface area (Å²) >= 11 is 1.21. The van der Waals surface area contributed by atoms with Gasteiger partial charge in [-0.25, -0.2) is 19.1 Å². The van der Waals surface area contributed by atoms with E-state index in [9.17, 15) is 19.5 Å². The van der Waals surface area contributed by atoms with Crippen molar-refractivity contribution < 1.29 is 28.5 Å². The molecule has 1 aliphatic heterocycles. The maximum atomic E-state index is 14.3. The smallest absolute Gasteiger partial charge is 0.333 e. The average Bonchev–Trinajstić information content (AvgIpc) is 3.62. The van der Waals surface area contributed by atoms with Crippen molar-refractivity contribution in [1.82, 2.24) is 14.1 Å². The molecule has 1 atom stereocenters. The number of carbonyl (C=O) groups is 1. The van der Waals surface area contributed by atoms with Gasteiger partial charge in [0.05, 0.1) is 41.8 Å². The summed E-state index contributed by atoms with van der Waals surface area (Å²) in [7, 11) is 0. The molecule has 0 bridgehead atoms. The third-order valence-electron chi connectivity index (χ3n) is 7.77. The minimum atomic E-state index is -1.82. The van der Waals surface area contributed by atoms with Gasteiger partial charge >= 0.3 is 11.7 Å². The number of oxazole rings is 1. The van der Waals surface area contributed by atoms with E-state index in [0.29, 0.717) is 53.8 Å². The SMILES string of the molecule is Cc1c(-c2ncco2)sc2c1c(=O)n(C(C)(C)C(=O)O)c(=O)n2C[C@H](OC1CCOCC1)c1ccccc1COC(C)C. The maximum Gasteiger partial charge on any atom is 0.333 e. The third-order valence-corrected chi connectivity index (χ3v) is 9.07. The van der Waals surface area contributed by atoms with Crippen LogP contribution in [0.2, 0.25) is 0 Å². The van der Waals surface area contributed by atoms with Crippen LogP contribution in [0.1, 0.15) is 63.3 Å². The summed E-state index contributed by atoms with van der Waals surface area (Å²) in [5, 5.41) is 10.3. The molecule has 0 radical (unpaired) electrons. The number of fused-ring (bicyclic) bond motifs is 1. The lowest BCUT2D eigenvalue weighted by atomic mass is 10.0. The number of carboxylic acids is 1. The molecular formula is C31H37N3O8S. The van der Waals surface area contributed by atoms with Gasteiger partial charge in [-0.05, 0) is 64.2 Å². The lowest BCUT2D eigenvalue weighted by molar-refractivity contribution is -0.146. The summed E-state index contributed by atoms with van der Waals surface area (Å²) in [5.74, 6) is -0.989. The van der Waals surface area contributed by atoms with Gasteiger partial charge in [-0.2, -0.15) is 0 Å². The third kappa shape index (κ3) is 6.10. The molecule has 0 spiro atoms. The molecule has 0 aliphatic carbocycles. The van der Waals surface area contributed by atoms with Gasteiger partial charge < -0.3 is 23.7 Å². The van der Waals surface area contributed by atoms with Crippen molar-refractivity contribution in [3.05, 3.63) is 74.3 Å². The van der Waals surface area contributed by atoms with E-state index in [1.165, 1.54) is 42.2 Å². The van der Waals surface area contributed by atoms with Crippen LogP contribution in [0.5, 0.6) is 0 Å². The summed E-state index contributed by atoms with van der Waals surface area (Å²) in [6.45, 7) is 9.90. The predicted molar refractivity (Wildman–Crippen MR) is 162 cm³/mol.